The Kier molecular flexibility index (Phi) is 5.21. The van der Waals surface area contributed by atoms with E-state index < -0.39 is 25.9 Å². The van der Waals surface area contributed by atoms with Crippen molar-refractivity contribution in [3.05, 3.63) is 0 Å². The summed E-state index contributed by atoms with van der Waals surface area (Å²) in [6, 6.07) is 0. The SMILES string of the molecule is O=COC(=O)C(OC=O)P(=O)(O)OC=O. The zero-order valence-electron chi connectivity index (χ0n) is 6.97. The minimum absolute atomic E-state index is 0.340. The fourth-order valence-electron chi connectivity index (χ4n) is 0.541. The van der Waals surface area contributed by atoms with Crippen molar-refractivity contribution in [3.63, 3.8) is 0 Å². The van der Waals surface area contributed by atoms with Gasteiger partial charge in [0, 0.05) is 0 Å². The van der Waals surface area contributed by atoms with Crippen LogP contribution in [0, 0.1) is 0 Å². The number of esters is 1. The van der Waals surface area contributed by atoms with Crippen LogP contribution in [-0.2, 0) is 37.7 Å². The number of ether oxygens (including phenoxy) is 2. The molecule has 84 valence electrons. The average molecular weight is 240 g/mol. The van der Waals surface area contributed by atoms with Crippen molar-refractivity contribution < 1.29 is 42.6 Å². The highest BCUT2D eigenvalue weighted by molar-refractivity contribution is 7.55. The summed E-state index contributed by atoms with van der Waals surface area (Å²) in [7, 11) is -4.86. The lowest BCUT2D eigenvalue weighted by Crippen LogP contribution is -2.26. The van der Waals surface area contributed by atoms with Crippen molar-refractivity contribution in [2.24, 2.45) is 0 Å². The lowest BCUT2D eigenvalue weighted by Gasteiger charge is -2.15. The van der Waals surface area contributed by atoms with Gasteiger partial charge in [-0.25, -0.2) is 9.36 Å². The van der Waals surface area contributed by atoms with Crippen LogP contribution in [0.25, 0.3) is 0 Å². The topological polar surface area (TPSA) is 133 Å². The van der Waals surface area contributed by atoms with E-state index in [0.29, 0.717) is 0 Å². The maximum atomic E-state index is 11.0. The van der Waals surface area contributed by atoms with Crippen LogP contribution in [0.3, 0.4) is 0 Å². The van der Waals surface area contributed by atoms with Crippen LogP contribution in [0.2, 0.25) is 0 Å². The lowest BCUT2D eigenvalue weighted by atomic mass is 10.7. The van der Waals surface area contributed by atoms with Crippen LogP contribution in [0.15, 0.2) is 0 Å². The Hall–Kier alpha value is -1.73. The summed E-state index contributed by atoms with van der Waals surface area (Å²) >= 11 is 0. The Balaban J connectivity index is 4.85. The van der Waals surface area contributed by atoms with Crippen LogP contribution in [0.1, 0.15) is 0 Å². The standard InChI is InChI=1S/C5H5O9P/c6-1-12-4(9)5(13-2-7)15(10,11)14-3-8/h1-3,5H,(H,10,11). The van der Waals surface area contributed by atoms with Gasteiger partial charge in [-0.05, 0) is 0 Å². The predicted octanol–water partition coefficient (Wildman–Crippen LogP) is -1.46. The third kappa shape index (κ3) is 3.88. The zero-order chi connectivity index (χ0) is 11.9. The highest BCUT2D eigenvalue weighted by Crippen LogP contribution is 2.47. The van der Waals surface area contributed by atoms with Gasteiger partial charge in [0.05, 0.1) is 0 Å². The fourth-order valence-corrected chi connectivity index (χ4v) is 1.31. The van der Waals surface area contributed by atoms with Crippen LogP contribution < -0.4 is 0 Å². The maximum absolute atomic E-state index is 11.0. The smallest absolute Gasteiger partial charge is 0.430 e. The molecule has 10 heteroatoms. The van der Waals surface area contributed by atoms with Crippen LogP contribution >= 0.6 is 7.60 Å². The van der Waals surface area contributed by atoms with E-state index in [1.807, 2.05) is 0 Å². The van der Waals surface area contributed by atoms with Crippen molar-refractivity contribution in [3.8, 4) is 0 Å². The Morgan fingerprint density at radius 2 is 1.80 bits per heavy atom. The molecule has 0 aliphatic heterocycles. The normalized spacial score (nSPS) is 15.3. The molecule has 2 atom stereocenters. The van der Waals surface area contributed by atoms with E-state index in [0.717, 1.165) is 0 Å². The van der Waals surface area contributed by atoms with Gasteiger partial charge in [0.25, 0.3) is 12.9 Å². The molecule has 2 unspecified atom stereocenters. The molecule has 0 amide bonds. The Bertz CT molecular complexity index is 310. The van der Waals surface area contributed by atoms with Crippen molar-refractivity contribution in [1.82, 2.24) is 0 Å². The summed E-state index contributed by atoms with van der Waals surface area (Å²) in [5, 5.41) is 0. The molecule has 0 saturated carbocycles. The molecule has 0 aromatic heterocycles. The monoisotopic (exact) mass is 240 g/mol. The van der Waals surface area contributed by atoms with Crippen molar-refractivity contribution in [2.75, 3.05) is 0 Å². The average Bonchev–Trinajstić information content (AvgIpc) is 2.14. The van der Waals surface area contributed by atoms with E-state index in [1.165, 1.54) is 0 Å². The maximum Gasteiger partial charge on any atom is 0.430 e. The molecular formula is C5H5O9P. The van der Waals surface area contributed by atoms with Crippen LogP contribution in [0.4, 0.5) is 0 Å². The molecule has 0 aromatic carbocycles. The number of rotatable bonds is 7. The fraction of sp³-hybridized carbons (Fsp3) is 0.200. The predicted molar refractivity (Wildman–Crippen MR) is 40.1 cm³/mol. The van der Waals surface area contributed by atoms with Gasteiger partial charge in [-0.15, -0.1) is 0 Å². The molecule has 9 nitrogen and oxygen atoms in total. The third-order valence-corrected chi connectivity index (χ3v) is 2.35. The number of carbonyl (C=O) groups excluding carboxylic acids is 4. The molecule has 0 fully saturated rings. The minimum Gasteiger partial charge on any atom is -0.438 e. The molecule has 0 aromatic rings. The van der Waals surface area contributed by atoms with Crippen molar-refractivity contribution in [2.45, 2.75) is 5.85 Å². The minimum atomic E-state index is -4.86. The second-order valence-corrected chi connectivity index (χ2v) is 3.69. The molecule has 0 rings (SSSR count). The number of hydrogen-bond donors (Lipinski definition) is 1. The van der Waals surface area contributed by atoms with Gasteiger partial charge in [-0.3, -0.25) is 14.4 Å². The third-order valence-electron chi connectivity index (χ3n) is 1.04. The van der Waals surface area contributed by atoms with Crippen molar-refractivity contribution >= 4 is 33.0 Å². The van der Waals surface area contributed by atoms with E-state index in [2.05, 4.69) is 14.0 Å². The number of carbonyl (C=O) groups is 4. The first-order chi connectivity index (χ1) is 6.99. The largest absolute Gasteiger partial charge is 0.438 e. The Labute approximate surface area is 82.4 Å². The van der Waals surface area contributed by atoms with E-state index in [-0.39, 0.29) is 12.9 Å². The Morgan fingerprint density at radius 1 is 1.20 bits per heavy atom. The quantitative estimate of drug-likeness (QED) is 0.245. The van der Waals surface area contributed by atoms with Gasteiger partial charge in [-0.2, -0.15) is 0 Å². The molecule has 0 aliphatic carbocycles. The summed E-state index contributed by atoms with van der Waals surface area (Å²) in [6.45, 7) is -1.10. The van der Waals surface area contributed by atoms with Gasteiger partial charge >= 0.3 is 25.9 Å². The van der Waals surface area contributed by atoms with Crippen LogP contribution in [-0.4, -0.2) is 36.1 Å². The summed E-state index contributed by atoms with van der Waals surface area (Å²) in [4.78, 5) is 49.1. The second kappa shape index (κ2) is 5.89. The molecular weight excluding hydrogens is 235 g/mol. The molecule has 1 N–H and O–H groups in total. The van der Waals surface area contributed by atoms with Gasteiger partial charge in [0.15, 0.2) is 0 Å². The van der Waals surface area contributed by atoms with E-state index >= 15 is 0 Å². The summed E-state index contributed by atoms with van der Waals surface area (Å²) in [5.74, 6) is -4.02. The Morgan fingerprint density at radius 3 is 2.20 bits per heavy atom. The molecule has 0 aliphatic rings. The summed E-state index contributed by atoms with van der Waals surface area (Å²) < 4.78 is 22.2. The lowest BCUT2D eigenvalue weighted by molar-refractivity contribution is -0.160. The van der Waals surface area contributed by atoms with Gasteiger partial charge in [0.1, 0.15) is 0 Å². The molecule has 0 bridgehead atoms. The molecule has 0 heterocycles. The molecule has 0 radical (unpaired) electrons. The van der Waals surface area contributed by atoms with E-state index in [9.17, 15) is 23.7 Å². The molecule has 0 saturated heterocycles. The van der Waals surface area contributed by atoms with E-state index in [1.54, 1.807) is 0 Å². The zero-order valence-corrected chi connectivity index (χ0v) is 7.86. The van der Waals surface area contributed by atoms with Crippen LogP contribution in [0.5, 0.6) is 0 Å². The van der Waals surface area contributed by atoms with Gasteiger partial charge < -0.3 is 18.9 Å². The molecule has 0 spiro atoms. The summed E-state index contributed by atoms with van der Waals surface area (Å²) in [5.41, 5.74) is 0. The molecule has 15 heavy (non-hydrogen) atoms. The number of hydrogen-bond acceptors (Lipinski definition) is 8. The van der Waals surface area contributed by atoms with Gasteiger partial charge in [0.2, 0.25) is 0 Å². The highest BCUT2D eigenvalue weighted by Gasteiger charge is 2.43. The first kappa shape index (κ1) is 13.3. The first-order valence-corrected chi connectivity index (χ1v) is 4.82. The summed E-state index contributed by atoms with van der Waals surface area (Å²) in [6.07, 6.45) is 0. The highest BCUT2D eigenvalue weighted by atomic mass is 31.2. The second-order valence-electron chi connectivity index (χ2n) is 1.88. The first-order valence-electron chi connectivity index (χ1n) is 3.17. The van der Waals surface area contributed by atoms with Crippen molar-refractivity contribution in [1.29, 1.82) is 0 Å². The van der Waals surface area contributed by atoms with Gasteiger partial charge in [-0.1, -0.05) is 0 Å². The van der Waals surface area contributed by atoms with E-state index in [4.69, 9.17) is 4.89 Å².